The molecule has 0 atom stereocenters. The fourth-order valence-electron chi connectivity index (χ4n) is 2.38. The van der Waals surface area contributed by atoms with Crippen molar-refractivity contribution in [2.45, 2.75) is 11.9 Å². The topological polar surface area (TPSA) is 83.4 Å². The average molecular weight is 391 g/mol. The second-order valence-electron chi connectivity index (χ2n) is 5.20. The van der Waals surface area contributed by atoms with E-state index in [0.717, 1.165) is 20.8 Å². The van der Waals surface area contributed by atoms with E-state index in [1.165, 1.54) is 30.2 Å². The number of fused-ring (bicyclic) bond motifs is 1. The van der Waals surface area contributed by atoms with E-state index >= 15 is 0 Å². The van der Waals surface area contributed by atoms with Gasteiger partial charge < -0.3 is 14.2 Å². The molecule has 3 aromatic rings. The van der Waals surface area contributed by atoms with Gasteiger partial charge in [0.2, 0.25) is 0 Å². The highest BCUT2D eigenvalue weighted by molar-refractivity contribution is 8.00. The third-order valence-electron chi connectivity index (χ3n) is 3.60. The Kier molecular flexibility index (Phi) is 5.58. The van der Waals surface area contributed by atoms with Crippen LogP contribution in [0.4, 0.5) is 0 Å². The quantitative estimate of drug-likeness (QED) is 0.467. The summed E-state index contributed by atoms with van der Waals surface area (Å²) in [6.07, 6.45) is 0. The van der Waals surface area contributed by atoms with Crippen molar-refractivity contribution in [3.63, 3.8) is 0 Å². The predicted octanol–water partition coefficient (Wildman–Crippen LogP) is 3.34. The third kappa shape index (κ3) is 3.58. The van der Waals surface area contributed by atoms with Gasteiger partial charge in [-0.15, -0.1) is 21.5 Å². The zero-order chi connectivity index (χ0) is 18.7. The van der Waals surface area contributed by atoms with Gasteiger partial charge in [-0.3, -0.25) is 4.79 Å². The molecule has 0 aliphatic heterocycles. The Morgan fingerprint density at radius 1 is 1.15 bits per heavy atom. The Morgan fingerprint density at radius 2 is 1.92 bits per heavy atom. The first-order chi connectivity index (χ1) is 12.6. The lowest BCUT2D eigenvalue weighted by molar-refractivity contribution is -0.137. The van der Waals surface area contributed by atoms with Crippen molar-refractivity contribution in [1.82, 2.24) is 15.2 Å². The van der Waals surface area contributed by atoms with E-state index in [4.69, 9.17) is 9.47 Å². The molecule has 1 aromatic carbocycles. The maximum atomic E-state index is 11.4. The molecule has 2 aromatic heterocycles. The van der Waals surface area contributed by atoms with Gasteiger partial charge in [0.15, 0.2) is 11.5 Å². The normalized spacial score (nSPS) is 10.8. The molecule has 136 valence electrons. The van der Waals surface area contributed by atoms with Crippen LogP contribution in [0.25, 0.3) is 21.5 Å². The third-order valence-corrected chi connectivity index (χ3v) is 5.51. The van der Waals surface area contributed by atoms with Crippen LogP contribution in [-0.2, 0) is 9.53 Å². The molecule has 0 saturated heterocycles. The van der Waals surface area contributed by atoms with E-state index in [9.17, 15) is 4.79 Å². The smallest absolute Gasteiger partial charge is 0.316 e. The Bertz CT molecular complexity index is 959. The van der Waals surface area contributed by atoms with Gasteiger partial charge >= 0.3 is 5.97 Å². The van der Waals surface area contributed by atoms with Crippen LogP contribution in [0.15, 0.2) is 23.2 Å². The van der Waals surface area contributed by atoms with Crippen molar-refractivity contribution < 1.29 is 19.0 Å². The summed E-state index contributed by atoms with van der Waals surface area (Å²) >= 11 is 2.80. The van der Waals surface area contributed by atoms with Gasteiger partial charge in [0.1, 0.15) is 16.2 Å². The number of carbonyl (C=O) groups is 1. The maximum Gasteiger partial charge on any atom is 0.316 e. The number of carbonyl (C=O) groups excluding carboxylic acids is 1. The summed E-state index contributed by atoms with van der Waals surface area (Å²) in [4.78, 5) is 16.0. The lowest BCUT2D eigenvalue weighted by atomic mass is 10.1. The van der Waals surface area contributed by atoms with E-state index in [2.05, 4.69) is 19.9 Å². The van der Waals surface area contributed by atoms with Crippen LogP contribution < -0.4 is 9.47 Å². The number of methoxy groups -OCH3 is 3. The molecule has 0 spiro atoms. The number of rotatable bonds is 6. The number of benzene rings is 1. The molecule has 0 radical (unpaired) electrons. The molecular formula is C17H17N3O4S2. The van der Waals surface area contributed by atoms with E-state index in [-0.39, 0.29) is 11.7 Å². The zero-order valence-corrected chi connectivity index (χ0v) is 16.4. The molecule has 2 heterocycles. The SMILES string of the molecule is COC(=O)CSc1nnc(-c2ccc(OC)c(OC)c2)c2sc(C)nc12. The highest BCUT2D eigenvalue weighted by atomic mass is 32.2. The molecule has 0 bridgehead atoms. The molecule has 0 fully saturated rings. The zero-order valence-electron chi connectivity index (χ0n) is 14.7. The van der Waals surface area contributed by atoms with E-state index in [0.29, 0.717) is 22.2 Å². The van der Waals surface area contributed by atoms with E-state index in [1.54, 1.807) is 14.2 Å². The van der Waals surface area contributed by atoms with E-state index in [1.807, 2.05) is 25.1 Å². The van der Waals surface area contributed by atoms with Gasteiger partial charge in [-0.25, -0.2) is 4.98 Å². The molecule has 0 saturated carbocycles. The summed E-state index contributed by atoms with van der Waals surface area (Å²) in [5.41, 5.74) is 2.31. The van der Waals surface area contributed by atoms with E-state index < -0.39 is 0 Å². The minimum atomic E-state index is -0.319. The van der Waals surface area contributed by atoms with Gasteiger partial charge in [-0.1, -0.05) is 11.8 Å². The molecular weight excluding hydrogens is 374 g/mol. The second kappa shape index (κ2) is 7.88. The number of thioether (sulfide) groups is 1. The largest absolute Gasteiger partial charge is 0.493 e. The monoisotopic (exact) mass is 391 g/mol. The van der Waals surface area contributed by atoms with Crippen LogP contribution in [0.3, 0.4) is 0 Å². The van der Waals surface area contributed by atoms with Crippen molar-refractivity contribution >= 4 is 39.3 Å². The number of hydrogen-bond donors (Lipinski definition) is 0. The highest BCUT2D eigenvalue weighted by Crippen LogP contribution is 2.38. The van der Waals surface area contributed by atoms with Crippen LogP contribution in [0, 0.1) is 6.92 Å². The van der Waals surface area contributed by atoms with Crippen LogP contribution >= 0.6 is 23.1 Å². The number of thiazole rings is 1. The fraction of sp³-hybridized carbons (Fsp3) is 0.294. The summed E-state index contributed by atoms with van der Waals surface area (Å²) < 4.78 is 16.3. The summed E-state index contributed by atoms with van der Waals surface area (Å²) in [6.45, 7) is 1.93. The van der Waals surface area contributed by atoms with Gasteiger partial charge in [-0.2, -0.15) is 0 Å². The lowest BCUT2D eigenvalue weighted by Crippen LogP contribution is -2.04. The van der Waals surface area contributed by atoms with Crippen molar-refractivity contribution in [2.75, 3.05) is 27.1 Å². The minimum Gasteiger partial charge on any atom is -0.493 e. The summed E-state index contributed by atoms with van der Waals surface area (Å²) in [5, 5.41) is 10.2. The Morgan fingerprint density at radius 3 is 2.62 bits per heavy atom. The first-order valence-corrected chi connectivity index (χ1v) is 9.43. The average Bonchev–Trinajstić information content (AvgIpc) is 3.06. The van der Waals surface area contributed by atoms with Crippen molar-refractivity contribution in [3.8, 4) is 22.8 Å². The standard InChI is InChI=1S/C17H17N3O4S2/c1-9-18-15-16(26-9)14(19-20-17(15)25-8-13(21)24-4)10-5-6-11(22-2)12(7-10)23-3/h5-7H,8H2,1-4H3. The number of hydrogen-bond acceptors (Lipinski definition) is 9. The molecule has 7 nitrogen and oxygen atoms in total. The lowest BCUT2D eigenvalue weighted by Gasteiger charge is -2.10. The molecule has 0 unspecified atom stereocenters. The maximum absolute atomic E-state index is 11.4. The van der Waals surface area contributed by atoms with Gasteiger partial charge in [0.25, 0.3) is 0 Å². The van der Waals surface area contributed by atoms with Crippen LogP contribution in [0.1, 0.15) is 5.01 Å². The number of aryl methyl sites for hydroxylation is 1. The van der Waals surface area contributed by atoms with Crippen molar-refractivity contribution in [1.29, 1.82) is 0 Å². The Labute approximate surface area is 158 Å². The number of aromatic nitrogens is 3. The summed E-state index contributed by atoms with van der Waals surface area (Å²) in [5.74, 6) is 1.10. The molecule has 0 aliphatic carbocycles. The fourth-order valence-corrected chi connectivity index (χ4v) is 4.12. The molecule has 3 rings (SSSR count). The molecule has 26 heavy (non-hydrogen) atoms. The molecule has 9 heteroatoms. The van der Waals surface area contributed by atoms with Crippen LogP contribution in [-0.4, -0.2) is 48.2 Å². The summed E-state index contributed by atoms with van der Waals surface area (Å²) in [6, 6.07) is 5.59. The molecule has 0 amide bonds. The first kappa shape index (κ1) is 18.4. The Hall–Kier alpha value is -2.39. The second-order valence-corrected chi connectivity index (χ2v) is 7.37. The minimum absolute atomic E-state index is 0.159. The highest BCUT2D eigenvalue weighted by Gasteiger charge is 2.18. The first-order valence-electron chi connectivity index (χ1n) is 7.63. The van der Waals surface area contributed by atoms with Gasteiger partial charge in [0, 0.05) is 5.56 Å². The van der Waals surface area contributed by atoms with Crippen LogP contribution in [0.5, 0.6) is 11.5 Å². The van der Waals surface area contributed by atoms with Crippen molar-refractivity contribution in [2.24, 2.45) is 0 Å². The molecule has 0 N–H and O–H groups in total. The summed E-state index contributed by atoms with van der Waals surface area (Å²) in [7, 11) is 4.54. The Balaban J connectivity index is 2.07. The van der Waals surface area contributed by atoms with Crippen LogP contribution in [0.2, 0.25) is 0 Å². The number of ether oxygens (including phenoxy) is 3. The van der Waals surface area contributed by atoms with Crippen molar-refractivity contribution in [3.05, 3.63) is 23.2 Å². The van der Waals surface area contributed by atoms with Gasteiger partial charge in [0.05, 0.1) is 36.8 Å². The predicted molar refractivity (Wildman–Crippen MR) is 101 cm³/mol. The van der Waals surface area contributed by atoms with Gasteiger partial charge in [-0.05, 0) is 25.1 Å². The number of nitrogens with zero attached hydrogens (tertiary/aromatic N) is 3. The number of esters is 1. The molecule has 0 aliphatic rings.